The molecule has 1 fully saturated rings. The number of aromatic hydroxyl groups is 1. The van der Waals surface area contributed by atoms with Crippen LogP contribution in [0.25, 0.3) is 0 Å². The van der Waals surface area contributed by atoms with Crippen molar-refractivity contribution in [2.45, 2.75) is 19.0 Å². The molecule has 96 valence electrons. The van der Waals surface area contributed by atoms with Gasteiger partial charge in [-0.25, -0.2) is 0 Å². The second kappa shape index (κ2) is 5.71. The van der Waals surface area contributed by atoms with Gasteiger partial charge in [0.05, 0.1) is 17.7 Å². The van der Waals surface area contributed by atoms with E-state index in [1.807, 2.05) is 6.07 Å². The van der Waals surface area contributed by atoms with E-state index in [2.05, 4.69) is 0 Å². The van der Waals surface area contributed by atoms with E-state index in [1.54, 1.807) is 11.0 Å². The highest BCUT2D eigenvalue weighted by Gasteiger charge is 2.28. The van der Waals surface area contributed by atoms with Gasteiger partial charge in [0.1, 0.15) is 5.75 Å². The van der Waals surface area contributed by atoms with Gasteiger partial charge >= 0.3 is 0 Å². The fourth-order valence-electron chi connectivity index (χ4n) is 1.91. The number of phenols is 1. The Labute approximate surface area is 111 Å². The van der Waals surface area contributed by atoms with Crippen LogP contribution in [-0.2, 0) is 11.3 Å². The number of phenolic OH excluding ortho intramolecular Hbond substituents is 1. The summed E-state index contributed by atoms with van der Waals surface area (Å²) in [6.45, 7) is 0.893. The van der Waals surface area contributed by atoms with Crippen LogP contribution in [0, 0.1) is 11.3 Å². The number of hydrogen-bond acceptors (Lipinski definition) is 4. The van der Waals surface area contributed by atoms with Crippen molar-refractivity contribution in [3.8, 4) is 11.8 Å². The van der Waals surface area contributed by atoms with E-state index in [4.69, 9.17) is 11.0 Å². The molecule has 0 spiro atoms. The van der Waals surface area contributed by atoms with Crippen LogP contribution in [0.1, 0.15) is 17.5 Å². The molecule has 3 N–H and O–H groups in total. The minimum atomic E-state index is -0.434. The normalized spacial score (nSPS) is 18.3. The second-order valence-electron chi connectivity index (χ2n) is 4.11. The summed E-state index contributed by atoms with van der Waals surface area (Å²) in [5.41, 5.74) is 6.65. The molecule has 1 aliphatic rings. The van der Waals surface area contributed by atoms with Gasteiger partial charge in [-0.2, -0.15) is 5.26 Å². The zero-order chi connectivity index (χ0) is 12.4. The van der Waals surface area contributed by atoms with Crippen LogP contribution >= 0.6 is 12.4 Å². The minimum absolute atomic E-state index is 0. The lowest BCUT2D eigenvalue weighted by atomic mass is 10.1. The third-order valence-corrected chi connectivity index (χ3v) is 2.91. The first kappa shape index (κ1) is 14.3. The summed E-state index contributed by atoms with van der Waals surface area (Å²) in [5, 5.41) is 18.4. The number of hydrogen-bond donors (Lipinski definition) is 2. The number of rotatable bonds is 2. The molecule has 0 saturated carbocycles. The van der Waals surface area contributed by atoms with E-state index in [0.29, 0.717) is 30.6 Å². The molecule has 0 radical (unpaired) electrons. The lowest BCUT2D eigenvalue weighted by Gasteiger charge is -2.16. The van der Waals surface area contributed by atoms with Crippen LogP contribution in [-0.4, -0.2) is 28.5 Å². The van der Waals surface area contributed by atoms with Crippen LogP contribution in [0.5, 0.6) is 5.75 Å². The van der Waals surface area contributed by atoms with Crippen molar-refractivity contribution in [3.05, 3.63) is 29.3 Å². The van der Waals surface area contributed by atoms with Crippen LogP contribution in [0.3, 0.4) is 0 Å². The summed E-state index contributed by atoms with van der Waals surface area (Å²) in [6.07, 6.45) is 0.636. The Hall–Kier alpha value is -1.77. The van der Waals surface area contributed by atoms with Gasteiger partial charge in [-0.1, -0.05) is 0 Å². The molecule has 1 amide bonds. The van der Waals surface area contributed by atoms with Gasteiger partial charge in [0.2, 0.25) is 5.91 Å². The van der Waals surface area contributed by atoms with E-state index < -0.39 is 6.04 Å². The van der Waals surface area contributed by atoms with E-state index >= 15 is 0 Å². The monoisotopic (exact) mass is 267 g/mol. The van der Waals surface area contributed by atoms with E-state index in [9.17, 15) is 9.90 Å². The fraction of sp³-hybridized carbons (Fsp3) is 0.333. The van der Waals surface area contributed by atoms with E-state index in [1.165, 1.54) is 12.1 Å². The molecule has 1 aliphatic heterocycles. The molecular weight excluding hydrogens is 254 g/mol. The van der Waals surface area contributed by atoms with Crippen molar-refractivity contribution in [1.82, 2.24) is 4.90 Å². The molecule has 0 aliphatic carbocycles. The van der Waals surface area contributed by atoms with Gasteiger partial charge < -0.3 is 15.7 Å². The number of nitrogens with two attached hydrogens (primary N) is 1. The molecule has 1 heterocycles. The average molecular weight is 268 g/mol. The molecule has 6 heteroatoms. The highest BCUT2D eigenvalue weighted by molar-refractivity contribution is 5.85. The second-order valence-corrected chi connectivity index (χ2v) is 4.11. The van der Waals surface area contributed by atoms with Gasteiger partial charge in [0.15, 0.2) is 0 Å². The van der Waals surface area contributed by atoms with E-state index in [0.717, 1.165) is 0 Å². The van der Waals surface area contributed by atoms with Gasteiger partial charge in [0, 0.05) is 18.7 Å². The van der Waals surface area contributed by atoms with E-state index in [-0.39, 0.29) is 24.1 Å². The highest BCUT2D eigenvalue weighted by atomic mass is 35.5. The SMILES string of the molecule is Cl.N#Cc1ccc(O)c(CN2CCC(N)C2=O)c1. The summed E-state index contributed by atoms with van der Waals surface area (Å²) in [5.74, 6) is -0.0102. The predicted molar refractivity (Wildman–Crippen MR) is 68.1 cm³/mol. The molecule has 1 saturated heterocycles. The maximum Gasteiger partial charge on any atom is 0.239 e. The third kappa shape index (κ3) is 2.73. The van der Waals surface area contributed by atoms with Gasteiger partial charge in [-0.3, -0.25) is 4.79 Å². The first-order valence-corrected chi connectivity index (χ1v) is 5.38. The molecule has 1 aromatic carbocycles. The Morgan fingerprint density at radius 2 is 2.28 bits per heavy atom. The average Bonchev–Trinajstić information content (AvgIpc) is 2.64. The summed E-state index contributed by atoms with van der Waals surface area (Å²) < 4.78 is 0. The molecule has 2 rings (SSSR count). The smallest absolute Gasteiger partial charge is 0.239 e. The van der Waals surface area contributed by atoms with Crippen LogP contribution in [0.15, 0.2) is 18.2 Å². The standard InChI is InChI=1S/C12H13N3O2.ClH/c13-6-8-1-2-11(16)9(5-8)7-15-4-3-10(14)12(15)17;/h1-2,5,10,16H,3-4,7,14H2;1H. The van der Waals surface area contributed by atoms with Gasteiger partial charge in [0.25, 0.3) is 0 Å². The Morgan fingerprint density at radius 1 is 1.56 bits per heavy atom. The minimum Gasteiger partial charge on any atom is -0.508 e. The Morgan fingerprint density at radius 3 is 2.83 bits per heavy atom. The van der Waals surface area contributed by atoms with Crippen molar-refractivity contribution in [3.63, 3.8) is 0 Å². The quantitative estimate of drug-likeness (QED) is 0.827. The first-order chi connectivity index (χ1) is 8.11. The summed E-state index contributed by atoms with van der Waals surface area (Å²) in [6, 6.07) is 6.16. The number of benzene rings is 1. The number of carbonyl (C=O) groups excluding carboxylic acids is 1. The molecule has 18 heavy (non-hydrogen) atoms. The fourth-order valence-corrected chi connectivity index (χ4v) is 1.91. The number of amides is 1. The van der Waals surface area contributed by atoms with Gasteiger partial charge in [-0.15, -0.1) is 12.4 Å². The molecule has 0 aromatic heterocycles. The van der Waals surface area contributed by atoms with Crippen LogP contribution < -0.4 is 5.73 Å². The van der Waals surface area contributed by atoms with Crippen LogP contribution in [0.2, 0.25) is 0 Å². The number of nitriles is 1. The van der Waals surface area contributed by atoms with Crippen molar-refractivity contribution >= 4 is 18.3 Å². The third-order valence-electron chi connectivity index (χ3n) is 2.91. The number of carbonyl (C=O) groups is 1. The number of likely N-dealkylation sites (tertiary alicyclic amines) is 1. The van der Waals surface area contributed by atoms with Crippen molar-refractivity contribution in [2.75, 3.05) is 6.54 Å². The molecule has 1 atom stereocenters. The maximum atomic E-state index is 11.6. The maximum absolute atomic E-state index is 11.6. The molecular formula is C12H14ClN3O2. The molecule has 5 nitrogen and oxygen atoms in total. The lowest BCUT2D eigenvalue weighted by Crippen LogP contribution is -2.33. The number of halogens is 1. The predicted octanol–water partition coefficient (Wildman–Crippen LogP) is 0.745. The number of nitrogens with zero attached hydrogens (tertiary/aromatic N) is 2. The Balaban J connectivity index is 0.00000162. The highest BCUT2D eigenvalue weighted by Crippen LogP contribution is 2.22. The van der Waals surface area contributed by atoms with Crippen LogP contribution in [0.4, 0.5) is 0 Å². The summed E-state index contributed by atoms with van der Waals surface area (Å²) >= 11 is 0. The summed E-state index contributed by atoms with van der Waals surface area (Å²) in [7, 11) is 0. The molecule has 0 bridgehead atoms. The zero-order valence-corrected chi connectivity index (χ0v) is 10.5. The van der Waals surface area contributed by atoms with Crippen molar-refractivity contribution < 1.29 is 9.90 Å². The lowest BCUT2D eigenvalue weighted by molar-refractivity contribution is -0.129. The first-order valence-electron chi connectivity index (χ1n) is 5.38. The van der Waals surface area contributed by atoms with Crippen molar-refractivity contribution in [1.29, 1.82) is 5.26 Å². The largest absolute Gasteiger partial charge is 0.508 e. The molecule has 1 aromatic rings. The topological polar surface area (TPSA) is 90.3 Å². The zero-order valence-electron chi connectivity index (χ0n) is 9.67. The Kier molecular flexibility index (Phi) is 4.54. The Bertz CT molecular complexity index is 499. The molecule has 1 unspecified atom stereocenters. The van der Waals surface area contributed by atoms with Gasteiger partial charge in [-0.05, 0) is 24.6 Å². The van der Waals surface area contributed by atoms with Crippen molar-refractivity contribution in [2.24, 2.45) is 5.73 Å². The summed E-state index contributed by atoms with van der Waals surface area (Å²) in [4.78, 5) is 13.2.